The van der Waals surface area contributed by atoms with Gasteiger partial charge < -0.3 is 5.11 Å². The molecule has 1 aromatic heterocycles. The summed E-state index contributed by atoms with van der Waals surface area (Å²) in [7, 11) is 0. The highest BCUT2D eigenvalue weighted by atomic mass is 16.4. The molecule has 0 aliphatic carbocycles. The fraction of sp³-hybridized carbons (Fsp3) is 0.462. The van der Waals surface area contributed by atoms with Crippen molar-refractivity contribution in [2.75, 3.05) is 0 Å². The zero-order valence-electron chi connectivity index (χ0n) is 10.5. The van der Waals surface area contributed by atoms with Crippen molar-refractivity contribution >= 4 is 17.0 Å². The number of aromatic carboxylic acids is 1. The number of nitrogens with zero attached hydrogens (tertiary/aromatic N) is 3. The molecule has 0 amide bonds. The molecule has 0 unspecified atom stereocenters. The molecule has 0 fully saturated rings. The zero-order valence-corrected chi connectivity index (χ0v) is 10.5. The van der Waals surface area contributed by atoms with E-state index in [0.717, 1.165) is 18.5 Å². The Labute approximate surface area is 105 Å². The summed E-state index contributed by atoms with van der Waals surface area (Å²) in [4.78, 5) is 10.8. The molecule has 2 aromatic rings. The number of carbonyl (C=O) groups is 1. The van der Waals surface area contributed by atoms with E-state index >= 15 is 0 Å². The van der Waals surface area contributed by atoms with Crippen LogP contribution >= 0.6 is 0 Å². The first kappa shape index (κ1) is 12.5. The predicted molar refractivity (Wildman–Crippen MR) is 68.6 cm³/mol. The van der Waals surface area contributed by atoms with Gasteiger partial charge in [-0.25, -0.2) is 9.48 Å². The second-order valence-electron chi connectivity index (χ2n) is 4.38. The second kappa shape index (κ2) is 5.62. The molecule has 0 bridgehead atoms. The summed E-state index contributed by atoms with van der Waals surface area (Å²) in [6.45, 7) is 3.02. The lowest BCUT2D eigenvalue weighted by molar-refractivity contribution is 0.0697. The van der Waals surface area contributed by atoms with Crippen molar-refractivity contribution in [1.82, 2.24) is 15.0 Å². The minimum atomic E-state index is -0.936. The van der Waals surface area contributed by atoms with Crippen LogP contribution in [0.3, 0.4) is 0 Å². The Morgan fingerprint density at radius 2 is 2.17 bits per heavy atom. The number of hydrogen-bond acceptors (Lipinski definition) is 3. The molecule has 2 rings (SSSR count). The Morgan fingerprint density at radius 1 is 1.33 bits per heavy atom. The van der Waals surface area contributed by atoms with E-state index in [9.17, 15) is 4.79 Å². The molecule has 5 heteroatoms. The monoisotopic (exact) mass is 247 g/mol. The van der Waals surface area contributed by atoms with Crippen LogP contribution in [0.25, 0.3) is 11.0 Å². The Bertz CT molecular complexity index is 548. The first-order valence-electron chi connectivity index (χ1n) is 6.29. The summed E-state index contributed by atoms with van der Waals surface area (Å²) in [6.07, 6.45) is 4.70. The molecule has 0 atom stereocenters. The molecule has 0 radical (unpaired) electrons. The van der Waals surface area contributed by atoms with Gasteiger partial charge in [0.2, 0.25) is 0 Å². The van der Waals surface area contributed by atoms with Gasteiger partial charge in [-0.15, -0.1) is 5.10 Å². The molecule has 96 valence electrons. The Balaban J connectivity index is 2.13. The number of fused-ring (bicyclic) bond motifs is 1. The van der Waals surface area contributed by atoms with Crippen molar-refractivity contribution in [3.8, 4) is 0 Å². The van der Waals surface area contributed by atoms with E-state index in [1.807, 2.05) is 4.68 Å². The van der Waals surface area contributed by atoms with Crippen LogP contribution in [-0.2, 0) is 6.54 Å². The van der Waals surface area contributed by atoms with Crippen molar-refractivity contribution in [3.63, 3.8) is 0 Å². The molecular weight excluding hydrogens is 230 g/mol. The van der Waals surface area contributed by atoms with Gasteiger partial charge in [0.05, 0.1) is 11.1 Å². The van der Waals surface area contributed by atoms with E-state index < -0.39 is 5.97 Å². The third kappa shape index (κ3) is 2.67. The Hall–Kier alpha value is -1.91. The fourth-order valence-electron chi connectivity index (χ4n) is 1.96. The van der Waals surface area contributed by atoms with Gasteiger partial charge in [-0.1, -0.05) is 31.4 Å². The van der Waals surface area contributed by atoms with Crippen LogP contribution in [0.4, 0.5) is 0 Å². The van der Waals surface area contributed by atoms with E-state index in [2.05, 4.69) is 17.2 Å². The van der Waals surface area contributed by atoms with E-state index in [-0.39, 0.29) is 5.56 Å². The number of aromatic nitrogens is 3. The van der Waals surface area contributed by atoms with Crippen LogP contribution in [0.2, 0.25) is 0 Å². The van der Waals surface area contributed by atoms with E-state index in [0.29, 0.717) is 5.52 Å². The van der Waals surface area contributed by atoms with Crippen molar-refractivity contribution in [2.45, 2.75) is 39.2 Å². The average Bonchev–Trinajstić information content (AvgIpc) is 2.77. The van der Waals surface area contributed by atoms with E-state index in [1.165, 1.54) is 19.3 Å². The minimum absolute atomic E-state index is 0.250. The lowest BCUT2D eigenvalue weighted by Crippen LogP contribution is -2.00. The maximum Gasteiger partial charge on any atom is 0.335 e. The van der Waals surface area contributed by atoms with Crippen LogP contribution in [0.15, 0.2) is 18.2 Å². The topological polar surface area (TPSA) is 68.0 Å². The van der Waals surface area contributed by atoms with Gasteiger partial charge in [-0.05, 0) is 24.6 Å². The number of benzene rings is 1. The molecule has 0 aliphatic rings. The molecule has 0 spiro atoms. The van der Waals surface area contributed by atoms with Crippen LogP contribution in [0.5, 0.6) is 0 Å². The number of unbranched alkanes of at least 4 members (excludes halogenated alkanes) is 3. The molecule has 5 nitrogen and oxygen atoms in total. The average molecular weight is 247 g/mol. The number of aryl methyl sites for hydroxylation is 1. The zero-order chi connectivity index (χ0) is 13.0. The summed E-state index contributed by atoms with van der Waals surface area (Å²) in [5.41, 5.74) is 1.79. The van der Waals surface area contributed by atoms with Crippen LogP contribution in [0.1, 0.15) is 43.0 Å². The van der Waals surface area contributed by atoms with Gasteiger partial charge in [-0.2, -0.15) is 0 Å². The summed E-state index contributed by atoms with van der Waals surface area (Å²) in [5.74, 6) is -0.936. The quantitative estimate of drug-likeness (QED) is 0.797. The van der Waals surface area contributed by atoms with Crippen LogP contribution < -0.4 is 0 Å². The minimum Gasteiger partial charge on any atom is -0.478 e. The lowest BCUT2D eigenvalue weighted by atomic mass is 10.2. The van der Waals surface area contributed by atoms with Crippen molar-refractivity contribution in [3.05, 3.63) is 23.8 Å². The SMILES string of the molecule is CCCCCCn1nnc2cc(C(=O)O)ccc21. The summed E-state index contributed by atoms with van der Waals surface area (Å²) < 4.78 is 1.84. The first-order valence-corrected chi connectivity index (χ1v) is 6.29. The maximum atomic E-state index is 10.8. The molecule has 0 aliphatic heterocycles. The molecule has 1 N–H and O–H groups in total. The summed E-state index contributed by atoms with van der Waals surface area (Å²) in [5, 5.41) is 17.0. The molecule has 0 saturated carbocycles. The van der Waals surface area contributed by atoms with Crippen molar-refractivity contribution in [2.24, 2.45) is 0 Å². The Kier molecular flexibility index (Phi) is 3.92. The third-order valence-electron chi connectivity index (χ3n) is 2.98. The maximum absolute atomic E-state index is 10.8. The van der Waals surface area contributed by atoms with Gasteiger partial charge in [0.15, 0.2) is 0 Å². The molecular formula is C13H17N3O2. The van der Waals surface area contributed by atoms with Gasteiger partial charge >= 0.3 is 5.97 Å². The normalized spacial score (nSPS) is 10.9. The number of carboxylic acids is 1. The summed E-state index contributed by atoms with van der Waals surface area (Å²) >= 11 is 0. The Morgan fingerprint density at radius 3 is 2.89 bits per heavy atom. The van der Waals surface area contributed by atoms with E-state index in [1.54, 1.807) is 18.2 Å². The van der Waals surface area contributed by atoms with Crippen LogP contribution in [0, 0.1) is 0 Å². The summed E-state index contributed by atoms with van der Waals surface area (Å²) in [6, 6.07) is 4.93. The smallest absolute Gasteiger partial charge is 0.335 e. The van der Waals surface area contributed by atoms with E-state index in [4.69, 9.17) is 5.11 Å². The number of carboxylic acid groups (broad SMARTS) is 1. The second-order valence-corrected chi connectivity index (χ2v) is 4.38. The highest BCUT2D eigenvalue weighted by Crippen LogP contribution is 2.14. The van der Waals surface area contributed by atoms with Crippen LogP contribution in [-0.4, -0.2) is 26.1 Å². The molecule has 1 heterocycles. The lowest BCUT2D eigenvalue weighted by Gasteiger charge is -2.02. The van der Waals surface area contributed by atoms with Crippen molar-refractivity contribution < 1.29 is 9.90 Å². The largest absolute Gasteiger partial charge is 0.478 e. The highest BCUT2D eigenvalue weighted by molar-refractivity contribution is 5.92. The fourth-order valence-corrected chi connectivity index (χ4v) is 1.96. The molecule has 0 saturated heterocycles. The standard InChI is InChI=1S/C13H17N3O2/c1-2-3-4-5-8-16-12-7-6-10(13(17)18)9-11(12)14-15-16/h6-7,9H,2-5,8H2,1H3,(H,17,18). The first-order chi connectivity index (χ1) is 8.72. The molecule has 18 heavy (non-hydrogen) atoms. The van der Waals surface area contributed by atoms with Gasteiger partial charge in [0, 0.05) is 6.54 Å². The number of hydrogen-bond donors (Lipinski definition) is 1. The predicted octanol–water partition coefficient (Wildman–Crippen LogP) is 2.71. The van der Waals surface area contributed by atoms with Gasteiger partial charge in [-0.3, -0.25) is 0 Å². The van der Waals surface area contributed by atoms with Gasteiger partial charge in [0.1, 0.15) is 5.52 Å². The van der Waals surface area contributed by atoms with Crippen molar-refractivity contribution in [1.29, 1.82) is 0 Å². The number of rotatable bonds is 6. The highest BCUT2D eigenvalue weighted by Gasteiger charge is 2.08. The third-order valence-corrected chi connectivity index (χ3v) is 2.98. The molecule has 1 aromatic carbocycles. The van der Waals surface area contributed by atoms with Gasteiger partial charge in [0.25, 0.3) is 0 Å².